The fraction of sp³-hybridized carbons (Fsp3) is 0.154. The summed E-state index contributed by atoms with van der Waals surface area (Å²) in [4.78, 5) is 9.87. The SMILES string of the molecule is N[C@H](CNc1nc(-c2ccco2)c(-c2ccc3cnccc3c2)s1)Cc1ccc(C(F)(F)F)cc1. The van der Waals surface area contributed by atoms with E-state index in [-0.39, 0.29) is 6.04 Å². The molecule has 5 rings (SSSR count). The van der Waals surface area contributed by atoms with E-state index in [0.717, 1.165) is 44.6 Å². The molecule has 0 aliphatic rings. The average Bonchev–Trinajstić information content (AvgIpc) is 3.52. The van der Waals surface area contributed by atoms with Crippen LogP contribution in [0, 0.1) is 0 Å². The molecular weight excluding hydrogens is 473 g/mol. The number of nitrogens with two attached hydrogens (primary N) is 1. The molecule has 0 fully saturated rings. The third-order valence-electron chi connectivity index (χ3n) is 5.58. The molecule has 3 aromatic heterocycles. The summed E-state index contributed by atoms with van der Waals surface area (Å²) in [7, 11) is 0. The van der Waals surface area contributed by atoms with Crippen molar-refractivity contribution < 1.29 is 17.6 Å². The van der Waals surface area contributed by atoms with Crippen molar-refractivity contribution >= 4 is 27.2 Å². The monoisotopic (exact) mass is 494 g/mol. The number of hydrogen-bond acceptors (Lipinski definition) is 6. The van der Waals surface area contributed by atoms with E-state index >= 15 is 0 Å². The predicted octanol–water partition coefficient (Wildman–Crippen LogP) is 6.62. The number of nitrogens with zero attached hydrogens (tertiary/aromatic N) is 2. The molecule has 0 bridgehead atoms. The van der Waals surface area contributed by atoms with Crippen LogP contribution < -0.4 is 11.1 Å². The van der Waals surface area contributed by atoms with Gasteiger partial charge in [-0.3, -0.25) is 4.98 Å². The minimum atomic E-state index is -4.35. The summed E-state index contributed by atoms with van der Waals surface area (Å²) in [6, 6.07) is 16.6. The zero-order valence-corrected chi connectivity index (χ0v) is 19.2. The summed E-state index contributed by atoms with van der Waals surface area (Å²) in [6.07, 6.45) is 1.28. The molecule has 0 saturated carbocycles. The van der Waals surface area contributed by atoms with Crippen LogP contribution in [-0.2, 0) is 12.6 Å². The summed E-state index contributed by atoms with van der Waals surface area (Å²) in [5.74, 6) is 0.660. The third-order valence-corrected chi connectivity index (χ3v) is 6.64. The number of nitrogens with one attached hydrogen (secondary N) is 1. The number of furan rings is 1. The van der Waals surface area contributed by atoms with E-state index < -0.39 is 11.7 Å². The first-order valence-electron chi connectivity index (χ1n) is 10.9. The third kappa shape index (κ3) is 5.21. The van der Waals surface area contributed by atoms with Crippen LogP contribution in [0.2, 0.25) is 0 Å². The molecule has 9 heteroatoms. The first-order valence-corrected chi connectivity index (χ1v) is 11.7. The molecule has 0 amide bonds. The van der Waals surface area contributed by atoms with E-state index in [1.165, 1.54) is 23.5 Å². The van der Waals surface area contributed by atoms with Crippen molar-refractivity contribution in [1.29, 1.82) is 0 Å². The van der Waals surface area contributed by atoms with Crippen LogP contribution in [-0.4, -0.2) is 22.6 Å². The predicted molar refractivity (Wildman–Crippen MR) is 132 cm³/mol. The van der Waals surface area contributed by atoms with Crippen molar-refractivity contribution in [3.8, 4) is 21.9 Å². The molecule has 35 heavy (non-hydrogen) atoms. The zero-order chi connectivity index (χ0) is 24.4. The molecule has 5 nitrogen and oxygen atoms in total. The summed E-state index contributed by atoms with van der Waals surface area (Å²) in [6.45, 7) is 0.412. The smallest absolute Gasteiger partial charge is 0.416 e. The number of aromatic nitrogens is 2. The summed E-state index contributed by atoms with van der Waals surface area (Å²) in [5.41, 5.74) is 8.07. The fourth-order valence-electron chi connectivity index (χ4n) is 3.82. The fourth-order valence-corrected chi connectivity index (χ4v) is 4.79. The lowest BCUT2D eigenvalue weighted by atomic mass is 10.0. The van der Waals surface area contributed by atoms with E-state index in [4.69, 9.17) is 15.1 Å². The molecule has 0 unspecified atom stereocenters. The molecule has 0 saturated heterocycles. The molecule has 2 aromatic carbocycles. The van der Waals surface area contributed by atoms with Crippen molar-refractivity contribution in [2.45, 2.75) is 18.6 Å². The molecule has 3 N–H and O–H groups in total. The van der Waals surface area contributed by atoms with Gasteiger partial charge in [-0.05, 0) is 59.3 Å². The summed E-state index contributed by atoms with van der Waals surface area (Å²) in [5, 5.41) is 6.09. The molecular formula is C26H21F3N4OS. The molecule has 1 atom stereocenters. The molecule has 178 valence electrons. The number of fused-ring (bicyclic) bond motifs is 1. The van der Waals surface area contributed by atoms with Crippen LogP contribution in [0.4, 0.5) is 18.3 Å². The number of halogens is 3. The standard InChI is InChI=1S/C26H21F3N4OS/c27-26(28,29)20-7-3-16(4-8-20)12-21(30)15-32-25-33-23(22-2-1-11-34-22)24(35-25)18-5-6-19-14-31-10-9-17(19)13-18/h1-11,13-14,21H,12,15,30H2,(H,32,33)/t21-/m0/s1. The van der Waals surface area contributed by atoms with Crippen molar-refractivity contribution in [2.75, 3.05) is 11.9 Å². The number of pyridine rings is 1. The van der Waals surface area contributed by atoms with E-state index in [2.05, 4.69) is 16.4 Å². The minimum absolute atomic E-state index is 0.306. The van der Waals surface area contributed by atoms with Crippen LogP contribution in [0.25, 0.3) is 32.7 Å². The Bertz CT molecular complexity index is 1430. The molecule has 3 heterocycles. The average molecular weight is 495 g/mol. The topological polar surface area (TPSA) is 77.0 Å². The van der Waals surface area contributed by atoms with Crippen molar-refractivity contribution in [3.63, 3.8) is 0 Å². The van der Waals surface area contributed by atoms with Gasteiger partial charge in [0.25, 0.3) is 0 Å². The van der Waals surface area contributed by atoms with Gasteiger partial charge in [0, 0.05) is 30.4 Å². The number of rotatable bonds is 7. The quantitative estimate of drug-likeness (QED) is 0.266. The number of hydrogen-bond donors (Lipinski definition) is 2. The van der Waals surface area contributed by atoms with Crippen LogP contribution in [0.5, 0.6) is 0 Å². The maximum Gasteiger partial charge on any atom is 0.416 e. The Hall–Kier alpha value is -3.69. The zero-order valence-electron chi connectivity index (χ0n) is 18.4. The van der Waals surface area contributed by atoms with E-state index in [0.29, 0.717) is 23.9 Å². The van der Waals surface area contributed by atoms with Crippen LogP contribution in [0.3, 0.4) is 0 Å². The van der Waals surface area contributed by atoms with Crippen LogP contribution in [0.15, 0.2) is 83.7 Å². The Kier molecular flexibility index (Phi) is 6.27. The van der Waals surface area contributed by atoms with E-state index in [1.807, 2.05) is 36.5 Å². The summed E-state index contributed by atoms with van der Waals surface area (Å²) >= 11 is 1.49. The lowest BCUT2D eigenvalue weighted by Crippen LogP contribution is -2.31. The second-order valence-corrected chi connectivity index (χ2v) is 9.15. The first-order chi connectivity index (χ1) is 16.9. The van der Waals surface area contributed by atoms with Gasteiger partial charge in [-0.1, -0.05) is 35.6 Å². The highest BCUT2D eigenvalue weighted by Gasteiger charge is 2.30. The molecule has 0 spiro atoms. The number of benzene rings is 2. The van der Waals surface area contributed by atoms with Crippen LogP contribution >= 0.6 is 11.3 Å². The Morgan fingerprint density at radius 3 is 2.60 bits per heavy atom. The van der Waals surface area contributed by atoms with Gasteiger partial charge >= 0.3 is 6.18 Å². The largest absolute Gasteiger partial charge is 0.463 e. The van der Waals surface area contributed by atoms with Crippen molar-refractivity contribution in [2.24, 2.45) is 5.73 Å². The van der Waals surface area contributed by atoms with Crippen molar-refractivity contribution in [3.05, 3.63) is 90.4 Å². The molecule has 0 radical (unpaired) electrons. The number of anilines is 1. The van der Waals surface area contributed by atoms with Crippen molar-refractivity contribution in [1.82, 2.24) is 9.97 Å². The highest BCUT2D eigenvalue weighted by atomic mass is 32.1. The van der Waals surface area contributed by atoms with Gasteiger partial charge in [0.15, 0.2) is 10.9 Å². The number of alkyl halides is 3. The van der Waals surface area contributed by atoms with Gasteiger partial charge in [-0.15, -0.1) is 0 Å². The Morgan fingerprint density at radius 1 is 1.03 bits per heavy atom. The van der Waals surface area contributed by atoms with Gasteiger partial charge in [-0.25, -0.2) is 4.98 Å². The minimum Gasteiger partial charge on any atom is -0.463 e. The van der Waals surface area contributed by atoms with Gasteiger partial charge in [0.2, 0.25) is 0 Å². The maximum atomic E-state index is 12.8. The second kappa shape index (κ2) is 9.52. The van der Waals surface area contributed by atoms with Gasteiger partial charge in [0.1, 0.15) is 5.69 Å². The normalized spacial score (nSPS) is 12.7. The highest BCUT2D eigenvalue weighted by molar-refractivity contribution is 7.19. The summed E-state index contributed by atoms with van der Waals surface area (Å²) < 4.78 is 44.0. The van der Waals surface area contributed by atoms with Gasteiger partial charge in [0.05, 0.1) is 16.7 Å². The highest BCUT2D eigenvalue weighted by Crippen LogP contribution is 2.40. The van der Waals surface area contributed by atoms with Crippen LogP contribution in [0.1, 0.15) is 11.1 Å². The lowest BCUT2D eigenvalue weighted by molar-refractivity contribution is -0.137. The molecule has 0 aliphatic heterocycles. The second-order valence-electron chi connectivity index (χ2n) is 8.15. The number of thiazole rings is 1. The van der Waals surface area contributed by atoms with Gasteiger partial charge in [-0.2, -0.15) is 13.2 Å². The maximum absolute atomic E-state index is 12.8. The lowest BCUT2D eigenvalue weighted by Gasteiger charge is -2.13. The van der Waals surface area contributed by atoms with Gasteiger partial charge < -0.3 is 15.5 Å². The molecule has 5 aromatic rings. The molecule has 0 aliphatic carbocycles. The van der Waals surface area contributed by atoms with E-state index in [1.54, 1.807) is 12.5 Å². The first kappa shape index (κ1) is 23.1. The Morgan fingerprint density at radius 2 is 1.86 bits per heavy atom. The Labute approximate surface area is 203 Å². The Balaban J connectivity index is 1.34. The van der Waals surface area contributed by atoms with E-state index in [9.17, 15) is 13.2 Å².